The van der Waals surface area contributed by atoms with E-state index < -0.39 is 0 Å². The molecular weight excluding hydrogens is 334 g/mol. The maximum absolute atomic E-state index is 12.0. The molecule has 7 heteroatoms. The molecule has 1 aliphatic rings. The zero-order valence-electron chi connectivity index (χ0n) is 14.8. The second-order valence-electron chi connectivity index (χ2n) is 5.75. The first-order valence-electron chi connectivity index (χ1n) is 8.69. The van der Waals surface area contributed by atoms with E-state index in [2.05, 4.69) is 15.2 Å². The third-order valence-electron chi connectivity index (χ3n) is 3.87. The van der Waals surface area contributed by atoms with Crippen LogP contribution < -0.4 is 19.7 Å². The minimum atomic E-state index is -0.236. The molecule has 0 atom stereocenters. The minimum absolute atomic E-state index is 0.0702. The Morgan fingerprint density at radius 2 is 1.81 bits per heavy atom. The van der Waals surface area contributed by atoms with Gasteiger partial charge in [-0.2, -0.15) is 0 Å². The van der Waals surface area contributed by atoms with Gasteiger partial charge in [-0.25, -0.2) is 4.98 Å². The summed E-state index contributed by atoms with van der Waals surface area (Å²) in [4.78, 5) is 18.6. The molecule has 0 unspecified atom stereocenters. The number of morpholine rings is 1. The maximum Gasteiger partial charge on any atom is 0.262 e. The van der Waals surface area contributed by atoms with Crippen molar-refractivity contribution in [2.75, 3.05) is 49.7 Å². The van der Waals surface area contributed by atoms with Crippen LogP contribution in [0.15, 0.2) is 42.6 Å². The van der Waals surface area contributed by atoms with Gasteiger partial charge in [0.2, 0.25) is 0 Å². The summed E-state index contributed by atoms with van der Waals surface area (Å²) in [5.41, 5.74) is 0.641. The molecule has 1 aliphatic heterocycles. The van der Waals surface area contributed by atoms with Crippen LogP contribution in [0.1, 0.15) is 6.92 Å². The number of hydrogen-bond acceptors (Lipinski definition) is 6. The number of nitrogens with zero attached hydrogens (tertiary/aromatic N) is 2. The SMILES string of the molecule is CCOc1ccc(OCC(=O)Nc2ccc(N3CCOCC3)nc2)cc1. The second-order valence-corrected chi connectivity index (χ2v) is 5.75. The quantitative estimate of drug-likeness (QED) is 0.820. The van der Waals surface area contributed by atoms with Gasteiger partial charge in [0.15, 0.2) is 6.61 Å². The molecule has 0 saturated carbocycles. The summed E-state index contributed by atoms with van der Waals surface area (Å²) in [6, 6.07) is 10.9. The first-order chi connectivity index (χ1) is 12.7. The fourth-order valence-electron chi connectivity index (χ4n) is 2.58. The average molecular weight is 357 g/mol. The molecule has 0 bridgehead atoms. The molecule has 2 heterocycles. The number of aromatic nitrogens is 1. The van der Waals surface area contributed by atoms with E-state index in [1.165, 1.54) is 0 Å². The first-order valence-corrected chi connectivity index (χ1v) is 8.69. The predicted molar refractivity (Wildman–Crippen MR) is 99.0 cm³/mol. The van der Waals surface area contributed by atoms with E-state index in [9.17, 15) is 4.79 Å². The van der Waals surface area contributed by atoms with Crippen LogP contribution in [-0.4, -0.2) is 50.4 Å². The lowest BCUT2D eigenvalue weighted by Crippen LogP contribution is -2.36. The van der Waals surface area contributed by atoms with Gasteiger partial charge in [0.1, 0.15) is 17.3 Å². The second kappa shape index (κ2) is 9.05. The van der Waals surface area contributed by atoms with Crippen LogP contribution in [0, 0.1) is 0 Å². The fraction of sp³-hybridized carbons (Fsp3) is 0.368. The number of anilines is 2. The molecular formula is C19H23N3O4. The van der Waals surface area contributed by atoms with Crippen molar-refractivity contribution in [3.8, 4) is 11.5 Å². The van der Waals surface area contributed by atoms with Gasteiger partial charge in [0, 0.05) is 13.1 Å². The lowest BCUT2D eigenvalue weighted by atomic mass is 10.3. The number of carbonyl (C=O) groups is 1. The van der Waals surface area contributed by atoms with Crippen molar-refractivity contribution in [2.24, 2.45) is 0 Å². The van der Waals surface area contributed by atoms with Crippen LogP contribution in [0.5, 0.6) is 11.5 Å². The standard InChI is InChI=1S/C19H23N3O4/c1-2-25-16-4-6-17(7-5-16)26-14-19(23)21-15-3-8-18(20-13-15)22-9-11-24-12-10-22/h3-8,13H,2,9-12,14H2,1H3,(H,21,23). The lowest BCUT2D eigenvalue weighted by molar-refractivity contribution is -0.118. The Morgan fingerprint density at radius 1 is 1.12 bits per heavy atom. The van der Waals surface area contributed by atoms with E-state index in [1.807, 2.05) is 31.2 Å². The molecule has 1 fully saturated rings. The van der Waals surface area contributed by atoms with Crippen LogP contribution in [0.3, 0.4) is 0 Å². The van der Waals surface area contributed by atoms with Gasteiger partial charge in [-0.15, -0.1) is 0 Å². The summed E-state index contributed by atoms with van der Waals surface area (Å²) in [5.74, 6) is 2.04. The summed E-state index contributed by atoms with van der Waals surface area (Å²) in [6.07, 6.45) is 1.65. The number of nitrogens with one attached hydrogen (secondary N) is 1. The Labute approximate surface area is 152 Å². The molecule has 1 N–H and O–H groups in total. The number of benzene rings is 1. The van der Waals surface area contributed by atoms with E-state index >= 15 is 0 Å². The molecule has 1 aromatic heterocycles. The van der Waals surface area contributed by atoms with Crippen LogP contribution in [0.2, 0.25) is 0 Å². The van der Waals surface area contributed by atoms with Gasteiger partial charge in [0.05, 0.1) is 31.7 Å². The van der Waals surface area contributed by atoms with Gasteiger partial charge < -0.3 is 24.4 Å². The molecule has 1 amide bonds. The largest absolute Gasteiger partial charge is 0.494 e. The van der Waals surface area contributed by atoms with Gasteiger partial charge in [0.25, 0.3) is 5.91 Å². The van der Waals surface area contributed by atoms with Gasteiger partial charge in [-0.05, 0) is 43.3 Å². The molecule has 1 aromatic carbocycles. The third kappa shape index (κ3) is 5.10. The number of pyridine rings is 1. The van der Waals surface area contributed by atoms with E-state index in [0.717, 1.165) is 24.7 Å². The Morgan fingerprint density at radius 3 is 2.42 bits per heavy atom. The minimum Gasteiger partial charge on any atom is -0.494 e. The zero-order valence-corrected chi connectivity index (χ0v) is 14.8. The van der Waals surface area contributed by atoms with Gasteiger partial charge in [-0.3, -0.25) is 4.79 Å². The fourth-order valence-corrected chi connectivity index (χ4v) is 2.58. The lowest BCUT2D eigenvalue weighted by Gasteiger charge is -2.27. The van der Waals surface area contributed by atoms with E-state index in [1.54, 1.807) is 18.3 Å². The van der Waals surface area contributed by atoms with Crippen molar-refractivity contribution in [1.29, 1.82) is 0 Å². The highest BCUT2D eigenvalue weighted by molar-refractivity contribution is 5.91. The number of amides is 1. The van der Waals surface area contributed by atoms with Crippen molar-refractivity contribution >= 4 is 17.4 Å². The highest BCUT2D eigenvalue weighted by Crippen LogP contribution is 2.18. The van der Waals surface area contributed by atoms with Crippen molar-refractivity contribution in [3.05, 3.63) is 42.6 Å². The topological polar surface area (TPSA) is 72.9 Å². The Bertz CT molecular complexity index is 698. The Hall–Kier alpha value is -2.80. The van der Waals surface area contributed by atoms with Crippen LogP contribution >= 0.6 is 0 Å². The Balaban J connectivity index is 1.46. The van der Waals surface area contributed by atoms with E-state index in [4.69, 9.17) is 14.2 Å². The average Bonchev–Trinajstić information content (AvgIpc) is 2.69. The molecule has 138 valence electrons. The first kappa shape index (κ1) is 18.0. The van der Waals surface area contributed by atoms with Crippen molar-refractivity contribution < 1.29 is 19.0 Å². The van der Waals surface area contributed by atoms with E-state index in [0.29, 0.717) is 31.3 Å². The highest BCUT2D eigenvalue weighted by Gasteiger charge is 2.12. The molecule has 0 spiro atoms. The molecule has 0 radical (unpaired) electrons. The summed E-state index contributed by atoms with van der Waals surface area (Å²) < 4.78 is 16.2. The molecule has 2 aromatic rings. The molecule has 26 heavy (non-hydrogen) atoms. The summed E-state index contributed by atoms with van der Waals surface area (Å²) in [6.45, 7) is 5.55. The maximum atomic E-state index is 12.0. The van der Waals surface area contributed by atoms with Gasteiger partial charge >= 0.3 is 0 Å². The molecule has 1 saturated heterocycles. The van der Waals surface area contributed by atoms with Crippen molar-refractivity contribution in [1.82, 2.24) is 4.98 Å². The number of hydrogen-bond donors (Lipinski definition) is 1. The van der Waals surface area contributed by atoms with Crippen molar-refractivity contribution in [2.45, 2.75) is 6.92 Å². The monoisotopic (exact) mass is 357 g/mol. The molecule has 0 aliphatic carbocycles. The van der Waals surface area contributed by atoms with Crippen LogP contribution in [0.25, 0.3) is 0 Å². The predicted octanol–water partition coefficient (Wildman–Crippen LogP) is 2.33. The number of carbonyl (C=O) groups excluding carboxylic acids is 1. The van der Waals surface area contributed by atoms with E-state index in [-0.39, 0.29) is 12.5 Å². The van der Waals surface area contributed by atoms with Crippen LogP contribution in [0.4, 0.5) is 11.5 Å². The van der Waals surface area contributed by atoms with Gasteiger partial charge in [-0.1, -0.05) is 0 Å². The van der Waals surface area contributed by atoms with Crippen LogP contribution in [-0.2, 0) is 9.53 Å². The summed E-state index contributed by atoms with van der Waals surface area (Å²) in [5, 5.41) is 2.78. The molecule has 7 nitrogen and oxygen atoms in total. The summed E-state index contributed by atoms with van der Waals surface area (Å²) in [7, 11) is 0. The third-order valence-corrected chi connectivity index (χ3v) is 3.87. The molecule has 3 rings (SSSR count). The number of ether oxygens (including phenoxy) is 3. The summed E-state index contributed by atoms with van der Waals surface area (Å²) >= 11 is 0. The van der Waals surface area contributed by atoms with Crippen molar-refractivity contribution in [3.63, 3.8) is 0 Å². The highest BCUT2D eigenvalue weighted by atomic mass is 16.5. The Kier molecular flexibility index (Phi) is 6.27. The normalized spacial score (nSPS) is 14.0. The number of rotatable bonds is 7. The smallest absolute Gasteiger partial charge is 0.262 e. The zero-order chi connectivity index (χ0) is 18.2.